The highest BCUT2D eigenvalue weighted by atomic mass is 31.2. The molecule has 0 heterocycles. The summed E-state index contributed by atoms with van der Waals surface area (Å²) in [4.78, 5) is 41.9. The zero-order valence-corrected chi connectivity index (χ0v) is 36.5. The monoisotopic (exact) mass is 856 g/mol. The van der Waals surface area contributed by atoms with E-state index >= 15 is 0 Å². The molecule has 0 aliphatic heterocycles. The smallest absolute Gasteiger partial charge is 0.378 e. The summed E-state index contributed by atoms with van der Waals surface area (Å²) in [5, 5.41) is 1.82. The molecule has 0 saturated carbocycles. The third kappa shape index (κ3) is 14.5. The summed E-state index contributed by atoms with van der Waals surface area (Å²) >= 11 is 0. The summed E-state index contributed by atoms with van der Waals surface area (Å²) in [5.41, 5.74) is 4.19. The van der Waals surface area contributed by atoms with Crippen LogP contribution in [0.2, 0.25) is 0 Å². The number of hydrogen-bond donors (Lipinski definition) is 4. The number of rotatable bonds is 17. The minimum Gasteiger partial charge on any atom is -0.378 e. The third-order valence-electron chi connectivity index (χ3n) is 8.63. The van der Waals surface area contributed by atoms with Crippen molar-refractivity contribution in [1.29, 1.82) is 0 Å². The Bertz CT molecular complexity index is 2320. The lowest BCUT2D eigenvalue weighted by molar-refractivity contribution is 0.0231. The first-order chi connectivity index (χ1) is 27.0. The lowest BCUT2D eigenvalue weighted by Gasteiger charge is -2.36. The van der Waals surface area contributed by atoms with Gasteiger partial charge in [0.25, 0.3) is 0 Å². The van der Waals surface area contributed by atoms with Crippen LogP contribution in [0.15, 0.2) is 78.9 Å². The SMILES string of the molecule is CN(C)c1ccc(C#Cc2cc(C(C)(C)CC(C)(C)OP(=O)(O)OCCOP(=O)(O)OCCOP(=O)(O)O)c(C#Cc3ccc(N(C)C)cc3)c3ccccc23)cc1. The first-order valence-electron chi connectivity index (χ1n) is 18.1. The molecule has 0 spiro atoms. The average molecular weight is 857 g/mol. The molecule has 0 amide bonds. The first-order valence-corrected chi connectivity index (χ1v) is 22.6. The number of phosphoric ester groups is 3. The second-order valence-corrected chi connectivity index (χ2v) is 19.0. The molecule has 312 valence electrons. The Kier molecular flexibility index (Phi) is 15.8. The molecular weight excluding hydrogens is 805 g/mol. The Labute approximate surface area is 340 Å². The van der Waals surface area contributed by atoms with Gasteiger partial charge in [-0.2, -0.15) is 0 Å². The van der Waals surface area contributed by atoms with Crippen LogP contribution in [0.1, 0.15) is 61.9 Å². The highest BCUT2D eigenvalue weighted by Crippen LogP contribution is 2.51. The van der Waals surface area contributed by atoms with Gasteiger partial charge in [-0.15, -0.1) is 0 Å². The van der Waals surface area contributed by atoms with Crippen LogP contribution in [0, 0.1) is 23.7 Å². The number of fused-ring (bicyclic) bond motifs is 1. The van der Waals surface area contributed by atoms with Crippen molar-refractivity contribution in [2.75, 3.05) is 64.4 Å². The van der Waals surface area contributed by atoms with Crippen LogP contribution in [0.3, 0.4) is 0 Å². The van der Waals surface area contributed by atoms with Crippen LogP contribution in [-0.4, -0.2) is 79.8 Å². The van der Waals surface area contributed by atoms with Gasteiger partial charge in [0.1, 0.15) is 0 Å². The van der Waals surface area contributed by atoms with E-state index in [1.165, 1.54) is 0 Å². The molecule has 0 aliphatic rings. The summed E-state index contributed by atoms with van der Waals surface area (Å²) in [7, 11) is -6.34. The van der Waals surface area contributed by atoms with E-state index in [-0.39, 0.29) is 6.42 Å². The Morgan fingerprint density at radius 2 is 1.03 bits per heavy atom. The quantitative estimate of drug-likeness (QED) is 0.0463. The summed E-state index contributed by atoms with van der Waals surface area (Å²) in [5.74, 6) is 13.5. The third-order valence-corrected chi connectivity index (χ3v) is 11.4. The van der Waals surface area contributed by atoms with E-state index in [9.17, 15) is 23.5 Å². The van der Waals surface area contributed by atoms with Crippen molar-refractivity contribution in [3.05, 3.63) is 107 Å². The molecule has 0 bridgehead atoms. The Balaban J connectivity index is 1.62. The van der Waals surface area contributed by atoms with Gasteiger partial charge in [-0.05, 0) is 96.6 Å². The molecule has 0 saturated heterocycles. The van der Waals surface area contributed by atoms with E-state index < -0.39 is 60.9 Å². The lowest BCUT2D eigenvalue weighted by Crippen LogP contribution is -2.34. The van der Waals surface area contributed by atoms with Crippen molar-refractivity contribution in [1.82, 2.24) is 0 Å². The maximum Gasteiger partial charge on any atom is 0.472 e. The van der Waals surface area contributed by atoms with Gasteiger partial charge in [-0.25, -0.2) is 13.7 Å². The zero-order chi connectivity index (χ0) is 42.9. The highest BCUT2D eigenvalue weighted by Gasteiger charge is 2.39. The van der Waals surface area contributed by atoms with Crippen molar-refractivity contribution in [2.24, 2.45) is 0 Å². The highest BCUT2D eigenvalue weighted by molar-refractivity contribution is 7.47. The van der Waals surface area contributed by atoms with E-state index in [2.05, 4.69) is 32.7 Å². The molecule has 14 nitrogen and oxygen atoms in total. The van der Waals surface area contributed by atoms with Crippen LogP contribution >= 0.6 is 23.5 Å². The summed E-state index contributed by atoms with van der Waals surface area (Å²) < 4.78 is 60.1. The standard InChI is InChI=1S/C41H51N2O12P3/c1-40(2,30-41(3,4)55-58(49,50)54-28-27-53-57(47,48)52-26-25-51-56(44,45)46)39-29-33(19-13-31-14-20-34(21-15-31)42(5)6)36-11-9-10-12-37(36)38(39)24-18-32-16-22-35(23-17-32)43(7)8/h9-12,14-17,20-23,29H,25-28,30H2,1-8H3,(H,47,48)(H,49,50)(H2,44,45,46). The second-order valence-electron chi connectivity index (χ2n) is 14.9. The van der Waals surface area contributed by atoms with Crippen LogP contribution in [0.25, 0.3) is 10.8 Å². The Morgan fingerprint density at radius 3 is 1.52 bits per heavy atom. The number of hydrogen-bond acceptors (Lipinski definition) is 10. The summed E-state index contributed by atoms with van der Waals surface area (Å²) in [6, 6.07) is 25.9. The minimum atomic E-state index is -4.79. The Morgan fingerprint density at radius 1 is 0.586 bits per heavy atom. The molecular formula is C41H51N2O12P3. The fourth-order valence-corrected chi connectivity index (χ4v) is 8.33. The molecule has 2 atom stereocenters. The van der Waals surface area contributed by atoms with Crippen molar-refractivity contribution >= 4 is 45.6 Å². The van der Waals surface area contributed by atoms with E-state index in [4.69, 9.17) is 23.4 Å². The van der Waals surface area contributed by atoms with Gasteiger partial charge >= 0.3 is 23.5 Å². The van der Waals surface area contributed by atoms with E-state index in [1.807, 2.05) is 131 Å². The fraction of sp³-hybridized carbons (Fsp3) is 0.366. The summed E-state index contributed by atoms with van der Waals surface area (Å²) in [6.45, 7) is 4.69. The van der Waals surface area contributed by atoms with E-state index in [0.29, 0.717) is 0 Å². The predicted octanol–water partition coefficient (Wildman–Crippen LogP) is 7.59. The number of benzene rings is 4. The van der Waals surface area contributed by atoms with Crippen molar-refractivity contribution in [3.63, 3.8) is 0 Å². The second kappa shape index (κ2) is 19.5. The molecule has 0 radical (unpaired) electrons. The zero-order valence-electron chi connectivity index (χ0n) is 33.8. The molecule has 0 aromatic heterocycles. The predicted molar refractivity (Wildman–Crippen MR) is 226 cm³/mol. The maximum atomic E-state index is 13.1. The van der Waals surface area contributed by atoms with Gasteiger partial charge in [-0.1, -0.05) is 61.8 Å². The molecule has 4 aromatic carbocycles. The van der Waals surface area contributed by atoms with Crippen LogP contribution in [0.4, 0.5) is 11.4 Å². The summed E-state index contributed by atoms with van der Waals surface area (Å²) in [6.07, 6.45) is 0.212. The molecule has 4 N–H and O–H groups in total. The average Bonchev–Trinajstić information content (AvgIpc) is 3.12. The molecule has 4 rings (SSSR count). The molecule has 58 heavy (non-hydrogen) atoms. The van der Waals surface area contributed by atoms with Crippen LogP contribution < -0.4 is 9.80 Å². The molecule has 0 aliphatic carbocycles. The van der Waals surface area contributed by atoms with Crippen molar-refractivity contribution < 1.29 is 55.9 Å². The number of phosphoric acid groups is 3. The molecule has 17 heteroatoms. The van der Waals surface area contributed by atoms with Gasteiger partial charge in [-0.3, -0.25) is 22.6 Å². The molecule has 2 unspecified atom stereocenters. The van der Waals surface area contributed by atoms with Crippen LogP contribution in [-0.2, 0) is 41.7 Å². The first kappa shape index (κ1) is 46.9. The normalized spacial score (nSPS) is 14.1. The van der Waals surface area contributed by atoms with Gasteiger partial charge in [0, 0.05) is 61.8 Å². The fourth-order valence-electron chi connectivity index (χ4n) is 6.29. The largest absolute Gasteiger partial charge is 0.472 e. The van der Waals surface area contributed by atoms with Gasteiger partial charge < -0.3 is 29.4 Å². The Hall–Kier alpha value is -3.81. The maximum absolute atomic E-state index is 13.1. The van der Waals surface area contributed by atoms with Gasteiger partial charge in [0.15, 0.2) is 0 Å². The van der Waals surface area contributed by atoms with Gasteiger partial charge in [0.2, 0.25) is 0 Å². The lowest BCUT2D eigenvalue weighted by atomic mass is 9.73. The van der Waals surface area contributed by atoms with Crippen molar-refractivity contribution in [3.8, 4) is 23.7 Å². The minimum absolute atomic E-state index is 0.212. The van der Waals surface area contributed by atoms with E-state index in [0.717, 1.165) is 50.0 Å². The van der Waals surface area contributed by atoms with Crippen LogP contribution in [0.5, 0.6) is 0 Å². The number of nitrogens with zero attached hydrogens (tertiary/aromatic N) is 2. The number of anilines is 2. The topological polar surface area (TPSA) is 185 Å². The van der Waals surface area contributed by atoms with Crippen molar-refractivity contribution in [2.45, 2.75) is 45.1 Å². The van der Waals surface area contributed by atoms with Gasteiger partial charge in [0.05, 0.1) is 32.0 Å². The van der Waals surface area contributed by atoms with E-state index in [1.54, 1.807) is 13.8 Å². The molecule has 0 fully saturated rings. The molecule has 4 aromatic rings.